The van der Waals surface area contributed by atoms with Crippen molar-refractivity contribution in [2.24, 2.45) is 0 Å². The molecule has 0 aromatic rings. The second kappa shape index (κ2) is 53.8. The van der Waals surface area contributed by atoms with E-state index in [1.54, 1.807) is 6.08 Å². The van der Waals surface area contributed by atoms with Crippen molar-refractivity contribution in [3.63, 3.8) is 0 Å². The third-order valence-corrected chi connectivity index (χ3v) is 15.4. The van der Waals surface area contributed by atoms with Crippen LogP contribution < -0.4 is 5.32 Å². The van der Waals surface area contributed by atoms with Crippen LogP contribution in [0.4, 0.5) is 0 Å². The van der Waals surface area contributed by atoms with E-state index in [9.17, 15) is 19.4 Å². The minimum absolute atomic E-state index is 0.0635. The van der Waals surface area contributed by atoms with Crippen LogP contribution in [-0.2, 0) is 18.4 Å². The quantitative estimate of drug-likeness (QED) is 0.0243. The second-order valence-corrected chi connectivity index (χ2v) is 24.2. The first-order valence-corrected chi connectivity index (χ1v) is 32.7. The van der Waals surface area contributed by atoms with E-state index in [1.165, 1.54) is 263 Å². The molecule has 0 rings (SSSR count). The molecule has 0 aliphatic heterocycles. The van der Waals surface area contributed by atoms with Gasteiger partial charge >= 0.3 is 7.82 Å². The molecule has 0 radical (unpaired) electrons. The maximum absolute atomic E-state index is 13.0. The van der Waals surface area contributed by atoms with E-state index in [2.05, 4.69) is 31.3 Å². The number of hydrogen-bond acceptors (Lipinski definition) is 5. The van der Waals surface area contributed by atoms with Crippen LogP contribution in [0.15, 0.2) is 24.3 Å². The van der Waals surface area contributed by atoms with Gasteiger partial charge in [-0.05, 0) is 44.9 Å². The summed E-state index contributed by atoms with van der Waals surface area (Å²) in [6, 6.07) is -0.845. The molecule has 0 aliphatic carbocycles. The zero-order valence-electron chi connectivity index (χ0n) is 48.2. The fourth-order valence-electron chi connectivity index (χ4n) is 9.51. The number of nitrogens with zero attached hydrogens (tertiary/aromatic N) is 1. The average Bonchev–Trinajstić information content (AvgIpc) is 3.33. The SMILES string of the molecule is CCCCCCCCCCCCCC/C=C\CCCCCCCCCCCCCCC(=O)NC(COP(=O)(O)OCC[N+](C)(C)C)C(O)/C=C/CCCCCCCCCCCCCCCCCCCCC. The lowest BCUT2D eigenvalue weighted by molar-refractivity contribution is -0.870. The molecular formula is C62H124N2O6P+. The Balaban J connectivity index is 4.12. The van der Waals surface area contributed by atoms with Crippen LogP contribution in [0.25, 0.3) is 0 Å². The molecule has 9 heteroatoms. The van der Waals surface area contributed by atoms with Crippen LogP contribution in [0.3, 0.4) is 0 Å². The van der Waals surface area contributed by atoms with E-state index >= 15 is 0 Å². The third-order valence-electron chi connectivity index (χ3n) is 14.4. The summed E-state index contributed by atoms with van der Waals surface area (Å²) < 4.78 is 23.8. The van der Waals surface area contributed by atoms with Gasteiger partial charge in [-0.15, -0.1) is 0 Å². The third kappa shape index (κ3) is 56.5. The molecule has 3 N–H and O–H groups in total. The van der Waals surface area contributed by atoms with E-state index in [-0.39, 0.29) is 19.1 Å². The van der Waals surface area contributed by atoms with Gasteiger partial charge in [0.1, 0.15) is 13.2 Å². The van der Waals surface area contributed by atoms with Gasteiger partial charge in [0.05, 0.1) is 39.9 Å². The molecule has 0 fully saturated rings. The number of nitrogens with one attached hydrogen (secondary N) is 1. The lowest BCUT2D eigenvalue weighted by atomic mass is 10.0. The van der Waals surface area contributed by atoms with Crippen LogP contribution in [0.2, 0.25) is 0 Å². The number of allylic oxidation sites excluding steroid dienone is 3. The Morgan fingerprint density at radius 1 is 0.465 bits per heavy atom. The van der Waals surface area contributed by atoms with Crippen LogP contribution in [0.1, 0.15) is 316 Å². The summed E-state index contributed by atoms with van der Waals surface area (Å²) in [5, 5.41) is 14.0. The van der Waals surface area contributed by atoms with Crippen molar-refractivity contribution in [3.05, 3.63) is 24.3 Å². The van der Waals surface area contributed by atoms with E-state index in [4.69, 9.17) is 9.05 Å². The molecule has 0 aromatic heterocycles. The van der Waals surface area contributed by atoms with Gasteiger partial charge in [-0.1, -0.05) is 289 Å². The van der Waals surface area contributed by atoms with Crippen LogP contribution in [0, 0.1) is 0 Å². The summed E-state index contributed by atoms with van der Waals surface area (Å²) in [5.74, 6) is -0.172. The van der Waals surface area contributed by atoms with Crippen molar-refractivity contribution in [2.45, 2.75) is 328 Å². The Hall–Kier alpha value is -1.02. The van der Waals surface area contributed by atoms with Crippen molar-refractivity contribution in [2.75, 3.05) is 40.9 Å². The number of aliphatic hydroxyl groups excluding tert-OH is 1. The summed E-state index contributed by atoms with van der Waals surface area (Å²) in [5.41, 5.74) is 0. The van der Waals surface area contributed by atoms with Gasteiger partial charge < -0.3 is 19.8 Å². The molecule has 0 spiro atoms. The standard InChI is InChI=1S/C62H123N2O6P/c1-6-8-10-12-14-16-18-20-22-24-26-28-29-30-31-32-33-34-36-38-40-42-44-46-48-50-52-54-56-62(66)63-60(59-70-71(67,68)69-58-57-64(3,4)5)61(65)55-53-51-49-47-45-43-41-39-37-35-27-25-23-21-19-17-15-13-11-9-7-2/h30-31,53,55,60-61,65H,6-29,32-52,54,56-59H2,1-5H3,(H-,63,66,67,68)/p+1/b31-30-,55-53+. The molecule has 71 heavy (non-hydrogen) atoms. The molecule has 0 heterocycles. The number of amides is 1. The number of hydrogen-bond donors (Lipinski definition) is 3. The topological polar surface area (TPSA) is 105 Å². The molecular weight excluding hydrogens is 900 g/mol. The number of aliphatic hydroxyl groups is 1. The predicted molar refractivity (Wildman–Crippen MR) is 309 cm³/mol. The lowest BCUT2D eigenvalue weighted by Gasteiger charge is -2.25. The predicted octanol–water partition coefficient (Wildman–Crippen LogP) is 19.2. The number of carbonyl (C=O) groups excluding carboxylic acids is 1. The number of rotatable bonds is 58. The van der Waals surface area contributed by atoms with Gasteiger partial charge in [0.2, 0.25) is 5.91 Å². The lowest BCUT2D eigenvalue weighted by Crippen LogP contribution is -2.45. The highest BCUT2D eigenvalue weighted by atomic mass is 31.2. The molecule has 8 nitrogen and oxygen atoms in total. The van der Waals surface area contributed by atoms with E-state index in [1.807, 2.05) is 27.2 Å². The summed E-state index contributed by atoms with van der Waals surface area (Å²) in [6.07, 6.45) is 68.6. The first-order chi connectivity index (χ1) is 34.5. The summed E-state index contributed by atoms with van der Waals surface area (Å²) in [7, 11) is 1.59. The summed E-state index contributed by atoms with van der Waals surface area (Å²) in [4.78, 5) is 23.3. The van der Waals surface area contributed by atoms with Crippen molar-refractivity contribution in [3.8, 4) is 0 Å². The Morgan fingerprint density at radius 3 is 1.08 bits per heavy atom. The maximum atomic E-state index is 13.0. The number of carbonyl (C=O) groups is 1. The first kappa shape index (κ1) is 70.0. The average molecular weight is 1020 g/mol. The highest BCUT2D eigenvalue weighted by molar-refractivity contribution is 7.47. The van der Waals surface area contributed by atoms with Crippen LogP contribution in [0.5, 0.6) is 0 Å². The van der Waals surface area contributed by atoms with Crippen molar-refractivity contribution in [1.82, 2.24) is 5.32 Å². The maximum Gasteiger partial charge on any atom is 0.472 e. The smallest absolute Gasteiger partial charge is 0.387 e. The highest BCUT2D eigenvalue weighted by Crippen LogP contribution is 2.43. The fraction of sp³-hybridized carbons (Fsp3) is 0.919. The Kier molecular flexibility index (Phi) is 53.0. The number of quaternary nitrogens is 1. The van der Waals surface area contributed by atoms with Gasteiger partial charge in [0, 0.05) is 6.42 Å². The zero-order valence-corrected chi connectivity index (χ0v) is 49.1. The van der Waals surface area contributed by atoms with Gasteiger partial charge in [0.15, 0.2) is 0 Å². The van der Waals surface area contributed by atoms with E-state index < -0.39 is 20.0 Å². The minimum atomic E-state index is -4.35. The summed E-state index contributed by atoms with van der Waals surface area (Å²) >= 11 is 0. The van der Waals surface area contributed by atoms with Gasteiger partial charge in [0.25, 0.3) is 0 Å². The van der Waals surface area contributed by atoms with Crippen LogP contribution in [-0.4, -0.2) is 73.4 Å². The van der Waals surface area contributed by atoms with Gasteiger partial charge in [-0.2, -0.15) is 0 Å². The molecule has 0 aromatic carbocycles. The first-order valence-electron chi connectivity index (χ1n) is 31.2. The van der Waals surface area contributed by atoms with Crippen molar-refractivity contribution in [1.29, 1.82) is 0 Å². The highest BCUT2D eigenvalue weighted by Gasteiger charge is 2.27. The van der Waals surface area contributed by atoms with E-state index in [0.717, 1.165) is 32.1 Å². The molecule has 0 bridgehead atoms. The van der Waals surface area contributed by atoms with Crippen LogP contribution >= 0.6 is 7.82 Å². The second-order valence-electron chi connectivity index (χ2n) is 22.8. The molecule has 3 atom stereocenters. The van der Waals surface area contributed by atoms with Gasteiger partial charge in [-0.3, -0.25) is 13.8 Å². The number of likely N-dealkylation sites (N-methyl/N-ethyl adjacent to an activating group) is 1. The number of phosphoric acid groups is 1. The Labute approximate surface area is 443 Å². The minimum Gasteiger partial charge on any atom is -0.387 e. The van der Waals surface area contributed by atoms with Crippen molar-refractivity contribution < 1.29 is 32.9 Å². The van der Waals surface area contributed by atoms with Crippen molar-refractivity contribution >= 4 is 13.7 Å². The normalized spacial score (nSPS) is 14.0. The zero-order chi connectivity index (χ0) is 52.0. The largest absolute Gasteiger partial charge is 0.472 e. The molecule has 422 valence electrons. The monoisotopic (exact) mass is 1020 g/mol. The fourth-order valence-corrected chi connectivity index (χ4v) is 10.2. The molecule has 1 amide bonds. The molecule has 3 unspecified atom stereocenters. The number of phosphoric ester groups is 1. The molecule has 0 aliphatic rings. The Bertz CT molecular complexity index is 1210. The van der Waals surface area contributed by atoms with E-state index in [0.29, 0.717) is 17.4 Å². The summed E-state index contributed by atoms with van der Waals surface area (Å²) in [6.45, 7) is 4.87. The Morgan fingerprint density at radius 2 is 0.761 bits per heavy atom. The number of unbranched alkanes of at least 4 members (excludes halogenated alkanes) is 43. The van der Waals surface area contributed by atoms with Gasteiger partial charge in [-0.25, -0.2) is 4.57 Å². The molecule has 0 saturated carbocycles. The molecule has 0 saturated heterocycles.